The number of hydrogen-bond acceptors (Lipinski definition) is 6. The van der Waals surface area contributed by atoms with Gasteiger partial charge in [-0.3, -0.25) is 4.79 Å². The summed E-state index contributed by atoms with van der Waals surface area (Å²) in [6, 6.07) is 0. The monoisotopic (exact) mass is 356 g/mol. The van der Waals surface area contributed by atoms with Crippen molar-refractivity contribution in [3.8, 4) is 0 Å². The molecule has 4 N–H and O–H groups in total. The molecule has 7 nitrogen and oxygen atoms in total. The minimum absolute atomic E-state index is 0.186. The summed E-state index contributed by atoms with van der Waals surface area (Å²) in [6.07, 6.45) is -2.28. The highest BCUT2D eigenvalue weighted by Gasteiger charge is 2.45. The highest BCUT2D eigenvalue weighted by atomic mass is 127. The third-order valence-corrected chi connectivity index (χ3v) is 3.53. The van der Waals surface area contributed by atoms with Gasteiger partial charge in [-0.05, 0) is 22.6 Å². The summed E-state index contributed by atoms with van der Waals surface area (Å²) in [5.74, 6) is -0.186. The van der Waals surface area contributed by atoms with Gasteiger partial charge in [-0.1, -0.05) is 0 Å². The average Bonchev–Trinajstić information content (AvgIpc) is 2.60. The maximum Gasteiger partial charge on any atom is 0.260 e. The molecule has 0 aromatic carbocycles. The largest absolute Gasteiger partial charge is 0.394 e. The quantitative estimate of drug-likeness (QED) is 0.431. The van der Waals surface area contributed by atoms with Gasteiger partial charge >= 0.3 is 0 Å². The van der Waals surface area contributed by atoms with Gasteiger partial charge in [-0.15, -0.1) is 0 Å². The molecule has 1 saturated heterocycles. The Balaban J connectivity index is 2.11. The molecule has 2 aliphatic rings. The lowest BCUT2D eigenvalue weighted by atomic mass is 10.1. The van der Waals surface area contributed by atoms with Crippen molar-refractivity contribution in [3.63, 3.8) is 0 Å². The van der Waals surface area contributed by atoms with E-state index in [-0.39, 0.29) is 19.2 Å². The lowest BCUT2D eigenvalue weighted by Gasteiger charge is -2.32. The fourth-order valence-electron chi connectivity index (χ4n) is 1.81. The van der Waals surface area contributed by atoms with Gasteiger partial charge in [0.2, 0.25) is 0 Å². The van der Waals surface area contributed by atoms with Gasteiger partial charge in [0.15, 0.2) is 6.23 Å². The van der Waals surface area contributed by atoms with Crippen LogP contribution in [0, 0.1) is 0 Å². The highest BCUT2D eigenvalue weighted by molar-refractivity contribution is 14.1. The molecule has 0 bridgehead atoms. The van der Waals surface area contributed by atoms with Crippen molar-refractivity contribution >= 4 is 28.5 Å². The Morgan fingerprint density at radius 3 is 2.76 bits per heavy atom. The van der Waals surface area contributed by atoms with E-state index in [2.05, 4.69) is 5.32 Å². The summed E-state index contributed by atoms with van der Waals surface area (Å²) < 4.78 is 5.80. The zero-order valence-corrected chi connectivity index (χ0v) is 10.9. The second-order valence-electron chi connectivity index (χ2n) is 3.88. The smallest absolute Gasteiger partial charge is 0.260 e. The van der Waals surface area contributed by atoms with Crippen LogP contribution in [-0.4, -0.2) is 63.9 Å². The number of aliphatic hydroxyl groups excluding tert-OH is 3. The number of carbonyl (C=O) groups is 1. The minimum Gasteiger partial charge on any atom is -0.394 e. The maximum atomic E-state index is 11.2. The van der Waals surface area contributed by atoms with Crippen LogP contribution in [0.4, 0.5) is 0 Å². The van der Waals surface area contributed by atoms with Crippen LogP contribution in [0.1, 0.15) is 0 Å². The predicted octanol–water partition coefficient (Wildman–Crippen LogP) is -1.91. The minimum atomic E-state index is -1.13. The summed E-state index contributed by atoms with van der Waals surface area (Å²) in [4.78, 5) is 12.8. The first-order valence-electron chi connectivity index (χ1n) is 5.08. The first-order valence-corrected chi connectivity index (χ1v) is 6.16. The zero-order valence-electron chi connectivity index (χ0n) is 8.78. The highest BCUT2D eigenvalue weighted by Crippen LogP contribution is 2.26. The molecule has 0 saturated carbocycles. The molecule has 0 radical (unpaired) electrons. The van der Waals surface area contributed by atoms with Gasteiger partial charge in [0.1, 0.15) is 18.3 Å². The van der Waals surface area contributed by atoms with E-state index in [1.54, 1.807) is 11.1 Å². The molecule has 0 spiro atoms. The predicted molar refractivity (Wildman–Crippen MR) is 64.7 cm³/mol. The van der Waals surface area contributed by atoms with Crippen molar-refractivity contribution < 1.29 is 24.9 Å². The third-order valence-electron chi connectivity index (χ3n) is 2.76. The van der Waals surface area contributed by atoms with Gasteiger partial charge in [-0.2, -0.15) is 0 Å². The SMILES string of the molecule is O=C1NCN([C@H]2O[C@@H](CO)[C@@H](O)[C@@H]2O)C=C1I. The van der Waals surface area contributed by atoms with E-state index in [1.807, 2.05) is 22.6 Å². The van der Waals surface area contributed by atoms with E-state index < -0.39 is 24.5 Å². The molecule has 0 unspecified atom stereocenters. The van der Waals surface area contributed by atoms with E-state index >= 15 is 0 Å². The molecule has 17 heavy (non-hydrogen) atoms. The van der Waals surface area contributed by atoms with Crippen LogP contribution in [0.3, 0.4) is 0 Å². The molecule has 0 aromatic heterocycles. The van der Waals surface area contributed by atoms with Crippen molar-refractivity contribution in [2.45, 2.75) is 24.5 Å². The zero-order chi connectivity index (χ0) is 12.6. The van der Waals surface area contributed by atoms with Crippen LogP contribution < -0.4 is 5.32 Å². The van der Waals surface area contributed by atoms with Gasteiger partial charge in [0.05, 0.1) is 16.9 Å². The molecule has 2 heterocycles. The van der Waals surface area contributed by atoms with Gasteiger partial charge < -0.3 is 30.3 Å². The molecular formula is C9H13IN2O5. The molecule has 1 amide bonds. The van der Waals surface area contributed by atoms with Crippen molar-refractivity contribution in [1.82, 2.24) is 10.2 Å². The molecule has 8 heteroatoms. The standard InChI is InChI=1S/C9H13IN2O5/c10-4-1-12(3-11-8(4)16)9-7(15)6(14)5(2-13)17-9/h1,5-7,9,13-15H,2-3H2,(H,11,16)/t5-,6+,7-,9-/m0/s1. The number of rotatable bonds is 2. The normalized spacial score (nSPS) is 38.0. The second-order valence-corrected chi connectivity index (χ2v) is 5.05. The van der Waals surface area contributed by atoms with E-state index in [9.17, 15) is 15.0 Å². The van der Waals surface area contributed by atoms with Crippen LogP contribution in [0.15, 0.2) is 9.78 Å². The Labute approximate surface area is 111 Å². The molecule has 2 rings (SSSR count). The Morgan fingerprint density at radius 1 is 1.53 bits per heavy atom. The number of amides is 1. The van der Waals surface area contributed by atoms with Crippen LogP contribution in [0.25, 0.3) is 0 Å². The Morgan fingerprint density at radius 2 is 2.24 bits per heavy atom. The van der Waals surface area contributed by atoms with Crippen molar-refractivity contribution in [3.05, 3.63) is 9.78 Å². The molecule has 0 aromatic rings. The van der Waals surface area contributed by atoms with E-state index in [0.29, 0.717) is 3.58 Å². The number of aliphatic hydroxyl groups is 3. The molecule has 4 atom stereocenters. The van der Waals surface area contributed by atoms with Crippen molar-refractivity contribution in [2.24, 2.45) is 0 Å². The lowest BCUT2D eigenvalue weighted by Crippen LogP contribution is -2.49. The summed E-state index contributed by atoms with van der Waals surface area (Å²) in [6.45, 7) is -0.173. The number of hydrogen-bond donors (Lipinski definition) is 4. The number of carbonyl (C=O) groups excluding carboxylic acids is 1. The third kappa shape index (κ3) is 2.40. The first kappa shape index (κ1) is 13.0. The summed E-state index contributed by atoms with van der Waals surface area (Å²) in [7, 11) is 0. The molecule has 1 fully saturated rings. The van der Waals surface area contributed by atoms with Crippen molar-refractivity contribution in [1.29, 1.82) is 0 Å². The van der Waals surface area contributed by atoms with Gasteiger partial charge in [0.25, 0.3) is 5.91 Å². The Hall–Kier alpha value is -0.420. The van der Waals surface area contributed by atoms with E-state index in [0.717, 1.165) is 0 Å². The second kappa shape index (κ2) is 5.06. The summed E-state index contributed by atoms with van der Waals surface area (Å²) in [5, 5.41) is 31.0. The Bertz CT molecular complexity index is 350. The molecule has 96 valence electrons. The van der Waals surface area contributed by atoms with Crippen LogP contribution in [-0.2, 0) is 9.53 Å². The van der Waals surface area contributed by atoms with Gasteiger partial charge in [0, 0.05) is 6.20 Å². The summed E-state index contributed by atoms with van der Waals surface area (Å²) in [5.41, 5.74) is 0. The molecule has 2 aliphatic heterocycles. The molecular weight excluding hydrogens is 343 g/mol. The first-order chi connectivity index (χ1) is 8.04. The van der Waals surface area contributed by atoms with Crippen molar-refractivity contribution in [2.75, 3.05) is 13.3 Å². The fourth-order valence-corrected chi connectivity index (χ4v) is 2.36. The number of ether oxygens (including phenoxy) is 1. The van der Waals surface area contributed by atoms with Crippen LogP contribution >= 0.6 is 22.6 Å². The van der Waals surface area contributed by atoms with E-state index in [1.165, 1.54) is 0 Å². The number of halogens is 1. The van der Waals surface area contributed by atoms with E-state index in [4.69, 9.17) is 9.84 Å². The Kier molecular flexibility index (Phi) is 3.88. The number of nitrogens with one attached hydrogen (secondary N) is 1. The van der Waals surface area contributed by atoms with Crippen LogP contribution in [0.2, 0.25) is 0 Å². The fraction of sp³-hybridized carbons (Fsp3) is 0.667. The van der Waals surface area contributed by atoms with Crippen LogP contribution in [0.5, 0.6) is 0 Å². The maximum absolute atomic E-state index is 11.2. The lowest BCUT2D eigenvalue weighted by molar-refractivity contribution is -0.121. The topological polar surface area (TPSA) is 102 Å². The molecule has 0 aliphatic carbocycles. The number of nitrogens with zero attached hydrogens (tertiary/aromatic N) is 1. The summed E-state index contributed by atoms with van der Waals surface area (Å²) >= 11 is 1.87. The van der Waals surface area contributed by atoms with Gasteiger partial charge in [-0.25, -0.2) is 0 Å². The average molecular weight is 356 g/mol.